The van der Waals surface area contributed by atoms with Crippen LogP contribution in [0.2, 0.25) is 0 Å². The van der Waals surface area contributed by atoms with E-state index in [4.69, 9.17) is 4.74 Å². The quantitative estimate of drug-likeness (QED) is 0.810. The normalized spacial score (nSPS) is 9.91. The summed E-state index contributed by atoms with van der Waals surface area (Å²) in [7, 11) is 1.42. The van der Waals surface area contributed by atoms with Crippen molar-refractivity contribution in [2.75, 3.05) is 17.7 Å². The zero-order valence-electron chi connectivity index (χ0n) is 12.2. The molecule has 0 saturated heterocycles. The standard InChI is InChI=1S/C16H16N2O4/c1-10(19)17-11-5-3-6-12(9-11)18-16(21)15-13(20)7-4-8-14(15)22-2/h3-9,20H,1-2H3,(H,17,19)(H,18,21). The van der Waals surface area contributed by atoms with Crippen LogP contribution in [0.3, 0.4) is 0 Å². The van der Waals surface area contributed by atoms with Gasteiger partial charge in [0.15, 0.2) is 0 Å². The van der Waals surface area contributed by atoms with Crippen LogP contribution in [-0.2, 0) is 4.79 Å². The van der Waals surface area contributed by atoms with Gasteiger partial charge in [-0.25, -0.2) is 0 Å². The molecule has 0 bridgehead atoms. The van der Waals surface area contributed by atoms with Crippen LogP contribution >= 0.6 is 0 Å². The lowest BCUT2D eigenvalue weighted by atomic mass is 10.1. The number of amides is 2. The van der Waals surface area contributed by atoms with Gasteiger partial charge in [0, 0.05) is 18.3 Å². The lowest BCUT2D eigenvalue weighted by Crippen LogP contribution is -2.14. The number of ether oxygens (including phenoxy) is 1. The summed E-state index contributed by atoms with van der Waals surface area (Å²) in [4.78, 5) is 23.4. The van der Waals surface area contributed by atoms with Crippen LogP contribution in [-0.4, -0.2) is 24.0 Å². The van der Waals surface area contributed by atoms with Crippen molar-refractivity contribution < 1.29 is 19.4 Å². The van der Waals surface area contributed by atoms with E-state index >= 15 is 0 Å². The van der Waals surface area contributed by atoms with Crippen LogP contribution in [0.4, 0.5) is 11.4 Å². The summed E-state index contributed by atoms with van der Waals surface area (Å²) >= 11 is 0. The molecule has 0 aliphatic heterocycles. The zero-order chi connectivity index (χ0) is 16.1. The highest BCUT2D eigenvalue weighted by molar-refractivity contribution is 6.08. The van der Waals surface area contributed by atoms with Crippen LogP contribution in [0.1, 0.15) is 17.3 Å². The van der Waals surface area contributed by atoms with E-state index in [2.05, 4.69) is 10.6 Å². The number of carbonyl (C=O) groups excluding carboxylic acids is 2. The summed E-state index contributed by atoms with van der Waals surface area (Å²) in [6.07, 6.45) is 0. The van der Waals surface area contributed by atoms with Gasteiger partial charge in [-0.2, -0.15) is 0 Å². The van der Waals surface area contributed by atoms with Gasteiger partial charge in [0.05, 0.1) is 7.11 Å². The average molecular weight is 300 g/mol. The maximum Gasteiger partial charge on any atom is 0.263 e. The molecule has 0 saturated carbocycles. The second-order valence-corrected chi connectivity index (χ2v) is 4.57. The topological polar surface area (TPSA) is 87.7 Å². The third-order valence-electron chi connectivity index (χ3n) is 2.89. The maximum atomic E-state index is 12.3. The summed E-state index contributed by atoms with van der Waals surface area (Å²) in [5.41, 5.74) is 1.10. The van der Waals surface area contributed by atoms with Gasteiger partial charge < -0.3 is 20.5 Å². The number of carbonyl (C=O) groups is 2. The second-order valence-electron chi connectivity index (χ2n) is 4.57. The summed E-state index contributed by atoms with van der Waals surface area (Å²) in [5, 5.41) is 15.1. The number of hydrogen-bond acceptors (Lipinski definition) is 4. The molecule has 6 heteroatoms. The number of anilines is 2. The fourth-order valence-corrected chi connectivity index (χ4v) is 1.99. The molecule has 3 N–H and O–H groups in total. The summed E-state index contributed by atoms with van der Waals surface area (Å²) in [5.74, 6) is -0.605. The highest BCUT2D eigenvalue weighted by atomic mass is 16.5. The van der Waals surface area contributed by atoms with Gasteiger partial charge in [-0.15, -0.1) is 0 Å². The highest BCUT2D eigenvalue weighted by Gasteiger charge is 2.17. The van der Waals surface area contributed by atoms with Gasteiger partial charge in [0.1, 0.15) is 17.1 Å². The molecule has 0 spiro atoms. The SMILES string of the molecule is COc1cccc(O)c1C(=O)Nc1cccc(NC(C)=O)c1. The van der Waals surface area contributed by atoms with Crippen molar-refractivity contribution in [2.45, 2.75) is 6.92 Å². The second kappa shape index (κ2) is 6.62. The number of hydrogen-bond donors (Lipinski definition) is 3. The maximum absolute atomic E-state index is 12.3. The number of benzene rings is 2. The van der Waals surface area contributed by atoms with E-state index < -0.39 is 5.91 Å². The number of phenols is 1. The predicted molar refractivity (Wildman–Crippen MR) is 83.4 cm³/mol. The molecule has 0 unspecified atom stereocenters. The predicted octanol–water partition coefficient (Wildman–Crippen LogP) is 2.61. The lowest BCUT2D eigenvalue weighted by Gasteiger charge is -2.11. The Morgan fingerprint density at radius 2 is 1.68 bits per heavy atom. The number of nitrogens with one attached hydrogen (secondary N) is 2. The van der Waals surface area contributed by atoms with Crippen LogP contribution in [0, 0.1) is 0 Å². The van der Waals surface area contributed by atoms with E-state index in [1.54, 1.807) is 36.4 Å². The van der Waals surface area contributed by atoms with E-state index in [9.17, 15) is 14.7 Å². The Bertz CT molecular complexity index is 713. The van der Waals surface area contributed by atoms with Gasteiger partial charge in [-0.1, -0.05) is 12.1 Å². The minimum Gasteiger partial charge on any atom is -0.507 e. The molecule has 22 heavy (non-hydrogen) atoms. The molecule has 2 aromatic rings. The number of rotatable bonds is 4. The van der Waals surface area contributed by atoms with Crippen molar-refractivity contribution in [2.24, 2.45) is 0 Å². The van der Waals surface area contributed by atoms with Gasteiger partial charge in [-0.3, -0.25) is 9.59 Å². The molecule has 0 fully saturated rings. The van der Waals surface area contributed by atoms with Crippen LogP contribution in [0.5, 0.6) is 11.5 Å². The molecule has 6 nitrogen and oxygen atoms in total. The van der Waals surface area contributed by atoms with Crippen molar-refractivity contribution >= 4 is 23.2 Å². The Kier molecular flexibility index (Phi) is 4.63. The molecule has 0 aliphatic carbocycles. The van der Waals surface area contributed by atoms with Crippen LogP contribution in [0.15, 0.2) is 42.5 Å². The fourth-order valence-electron chi connectivity index (χ4n) is 1.99. The Morgan fingerprint density at radius 1 is 1.05 bits per heavy atom. The lowest BCUT2D eigenvalue weighted by molar-refractivity contribution is -0.114. The minimum atomic E-state index is -0.505. The number of aromatic hydroxyl groups is 1. The summed E-state index contributed by atoms with van der Waals surface area (Å²) in [6, 6.07) is 11.3. The van der Waals surface area contributed by atoms with Crippen molar-refractivity contribution in [3.05, 3.63) is 48.0 Å². The van der Waals surface area contributed by atoms with Crippen LogP contribution in [0.25, 0.3) is 0 Å². The van der Waals surface area contributed by atoms with E-state index in [1.807, 2.05) is 0 Å². The number of methoxy groups -OCH3 is 1. The van der Waals surface area contributed by atoms with Gasteiger partial charge in [-0.05, 0) is 30.3 Å². The zero-order valence-corrected chi connectivity index (χ0v) is 12.2. The Labute approximate surface area is 127 Å². The van der Waals surface area contributed by atoms with Crippen molar-refractivity contribution in [3.63, 3.8) is 0 Å². The molecule has 0 atom stereocenters. The van der Waals surface area contributed by atoms with Gasteiger partial charge in [0.25, 0.3) is 5.91 Å². The molecule has 0 aromatic heterocycles. The molecule has 0 aliphatic rings. The van der Waals surface area contributed by atoms with E-state index in [0.29, 0.717) is 11.4 Å². The largest absolute Gasteiger partial charge is 0.507 e. The van der Waals surface area contributed by atoms with Crippen LogP contribution < -0.4 is 15.4 Å². The molecular formula is C16H16N2O4. The molecular weight excluding hydrogens is 284 g/mol. The number of phenolic OH excluding ortho intramolecular Hbond substituents is 1. The van der Waals surface area contributed by atoms with Gasteiger partial charge >= 0.3 is 0 Å². The van der Waals surface area contributed by atoms with E-state index in [-0.39, 0.29) is 23.0 Å². The first kappa shape index (κ1) is 15.4. The van der Waals surface area contributed by atoms with Crippen molar-refractivity contribution in [3.8, 4) is 11.5 Å². The van der Waals surface area contributed by atoms with E-state index in [0.717, 1.165) is 0 Å². The first-order chi connectivity index (χ1) is 10.5. The van der Waals surface area contributed by atoms with Crippen molar-refractivity contribution in [1.82, 2.24) is 0 Å². The monoisotopic (exact) mass is 300 g/mol. The average Bonchev–Trinajstić information content (AvgIpc) is 2.46. The molecule has 2 rings (SSSR count). The molecule has 0 heterocycles. The Morgan fingerprint density at radius 3 is 2.32 bits per heavy atom. The summed E-state index contributed by atoms with van der Waals surface area (Å²) < 4.78 is 5.08. The van der Waals surface area contributed by atoms with Crippen molar-refractivity contribution in [1.29, 1.82) is 0 Å². The molecule has 2 amide bonds. The minimum absolute atomic E-state index is 0.0509. The smallest absolute Gasteiger partial charge is 0.263 e. The van der Waals surface area contributed by atoms with E-state index in [1.165, 1.54) is 20.1 Å². The molecule has 0 radical (unpaired) electrons. The van der Waals surface area contributed by atoms with Gasteiger partial charge in [0.2, 0.25) is 5.91 Å². The Balaban J connectivity index is 2.24. The summed E-state index contributed by atoms with van der Waals surface area (Å²) in [6.45, 7) is 1.40. The fraction of sp³-hybridized carbons (Fsp3) is 0.125. The Hall–Kier alpha value is -3.02. The third kappa shape index (κ3) is 3.54. The highest BCUT2D eigenvalue weighted by Crippen LogP contribution is 2.28. The molecule has 2 aromatic carbocycles. The molecule has 114 valence electrons. The first-order valence-corrected chi connectivity index (χ1v) is 6.56. The first-order valence-electron chi connectivity index (χ1n) is 6.56. The third-order valence-corrected chi connectivity index (χ3v) is 2.89.